The van der Waals surface area contributed by atoms with E-state index < -0.39 is 22.5 Å². The SMILES string of the molecule is O=[N+]([O-])c1c(F)cccc1NC(c1cccc(Cl)c1)c1ccccn1. The van der Waals surface area contributed by atoms with E-state index in [1.54, 1.807) is 36.5 Å². The minimum Gasteiger partial charge on any atom is -0.367 e. The van der Waals surface area contributed by atoms with Crippen LogP contribution in [-0.2, 0) is 0 Å². The van der Waals surface area contributed by atoms with Gasteiger partial charge >= 0.3 is 5.69 Å². The van der Waals surface area contributed by atoms with E-state index in [0.29, 0.717) is 10.7 Å². The molecule has 126 valence electrons. The summed E-state index contributed by atoms with van der Waals surface area (Å²) >= 11 is 6.07. The van der Waals surface area contributed by atoms with Gasteiger partial charge in [0, 0.05) is 11.2 Å². The van der Waals surface area contributed by atoms with Crippen molar-refractivity contribution in [1.29, 1.82) is 0 Å². The lowest BCUT2D eigenvalue weighted by atomic mass is 10.0. The van der Waals surface area contributed by atoms with E-state index in [4.69, 9.17) is 11.6 Å². The number of benzene rings is 2. The van der Waals surface area contributed by atoms with Gasteiger partial charge in [-0.05, 0) is 42.0 Å². The van der Waals surface area contributed by atoms with Crippen molar-refractivity contribution in [2.24, 2.45) is 0 Å². The van der Waals surface area contributed by atoms with E-state index in [-0.39, 0.29) is 5.69 Å². The van der Waals surface area contributed by atoms with E-state index in [9.17, 15) is 14.5 Å². The Morgan fingerprint density at radius 1 is 1.12 bits per heavy atom. The molecule has 3 rings (SSSR count). The molecule has 1 atom stereocenters. The second-order valence-corrected chi connectivity index (χ2v) is 5.72. The summed E-state index contributed by atoms with van der Waals surface area (Å²) in [6, 6.07) is 15.8. The van der Waals surface area contributed by atoms with E-state index in [0.717, 1.165) is 11.6 Å². The van der Waals surface area contributed by atoms with Gasteiger partial charge in [-0.3, -0.25) is 15.1 Å². The lowest BCUT2D eigenvalue weighted by Crippen LogP contribution is -2.15. The standard InChI is InChI=1S/C18H13ClFN3O2/c19-13-6-3-5-12(11-13)17(15-8-1-2-10-21-15)22-16-9-4-7-14(20)18(16)23(24)25/h1-11,17,22H. The number of nitro benzene ring substituents is 1. The molecular weight excluding hydrogens is 345 g/mol. The number of para-hydroxylation sites is 1. The first-order chi connectivity index (χ1) is 12.1. The zero-order chi connectivity index (χ0) is 17.8. The van der Waals surface area contributed by atoms with E-state index in [2.05, 4.69) is 10.3 Å². The van der Waals surface area contributed by atoms with Gasteiger partial charge in [-0.1, -0.05) is 35.9 Å². The minimum atomic E-state index is -0.902. The van der Waals surface area contributed by atoms with Crippen LogP contribution in [0.15, 0.2) is 66.9 Å². The predicted molar refractivity (Wildman–Crippen MR) is 94.2 cm³/mol. The quantitative estimate of drug-likeness (QED) is 0.516. The van der Waals surface area contributed by atoms with Gasteiger partial charge in [-0.2, -0.15) is 4.39 Å². The van der Waals surface area contributed by atoms with Crippen LogP contribution in [0.25, 0.3) is 0 Å². The molecule has 1 heterocycles. The Labute approximate surface area is 148 Å². The lowest BCUT2D eigenvalue weighted by molar-refractivity contribution is -0.386. The molecule has 0 amide bonds. The highest BCUT2D eigenvalue weighted by molar-refractivity contribution is 6.30. The summed E-state index contributed by atoms with van der Waals surface area (Å²) in [5.74, 6) is -0.902. The third kappa shape index (κ3) is 3.75. The molecule has 1 aromatic heterocycles. The molecule has 0 saturated carbocycles. The number of nitro groups is 1. The fraction of sp³-hybridized carbons (Fsp3) is 0.0556. The molecule has 7 heteroatoms. The van der Waals surface area contributed by atoms with Crippen LogP contribution in [-0.4, -0.2) is 9.91 Å². The Kier molecular flexibility index (Phi) is 4.90. The van der Waals surface area contributed by atoms with Gasteiger partial charge in [-0.25, -0.2) is 0 Å². The van der Waals surface area contributed by atoms with Gasteiger partial charge in [0.15, 0.2) is 0 Å². The summed E-state index contributed by atoms with van der Waals surface area (Å²) in [6.45, 7) is 0. The van der Waals surface area contributed by atoms with Gasteiger partial charge in [0.1, 0.15) is 5.69 Å². The van der Waals surface area contributed by atoms with Crippen LogP contribution in [0.3, 0.4) is 0 Å². The smallest absolute Gasteiger partial charge is 0.327 e. The minimum absolute atomic E-state index is 0.0700. The number of halogens is 2. The Hall–Kier alpha value is -2.99. The highest BCUT2D eigenvalue weighted by atomic mass is 35.5. The fourth-order valence-corrected chi connectivity index (χ4v) is 2.73. The number of hydrogen-bond acceptors (Lipinski definition) is 4. The van der Waals surface area contributed by atoms with E-state index in [1.807, 2.05) is 12.1 Å². The molecule has 0 fully saturated rings. The van der Waals surface area contributed by atoms with Crippen molar-refractivity contribution < 1.29 is 9.31 Å². The van der Waals surface area contributed by atoms with Gasteiger partial charge in [-0.15, -0.1) is 0 Å². The van der Waals surface area contributed by atoms with Gasteiger partial charge < -0.3 is 5.32 Å². The average molecular weight is 358 g/mol. The molecule has 0 bridgehead atoms. The number of nitrogens with zero attached hydrogens (tertiary/aromatic N) is 2. The number of pyridine rings is 1. The van der Waals surface area contributed by atoms with Crippen molar-refractivity contribution in [1.82, 2.24) is 4.98 Å². The number of hydrogen-bond donors (Lipinski definition) is 1. The van der Waals surface area contributed by atoms with Gasteiger partial charge in [0.25, 0.3) is 0 Å². The molecule has 3 aromatic rings. The molecule has 0 radical (unpaired) electrons. The summed E-state index contributed by atoms with van der Waals surface area (Å²) in [5, 5.41) is 14.8. The molecule has 0 spiro atoms. The van der Waals surface area contributed by atoms with E-state index >= 15 is 0 Å². The molecule has 1 unspecified atom stereocenters. The Bertz CT molecular complexity index is 906. The van der Waals surface area contributed by atoms with Gasteiger partial charge in [0.05, 0.1) is 16.7 Å². The highest BCUT2D eigenvalue weighted by Crippen LogP contribution is 2.33. The zero-order valence-electron chi connectivity index (χ0n) is 12.9. The van der Waals surface area contributed by atoms with Crippen LogP contribution >= 0.6 is 11.6 Å². The lowest BCUT2D eigenvalue weighted by Gasteiger charge is -2.20. The van der Waals surface area contributed by atoms with Gasteiger partial charge in [0.2, 0.25) is 5.82 Å². The summed E-state index contributed by atoms with van der Waals surface area (Å²) in [6.07, 6.45) is 1.62. The maximum absolute atomic E-state index is 13.9. The highest BCUT2D eigenvalue weighted by Gasteiger charge is 2.24. The first-order valence-electron chi connectivity index (χ1n) is 7.42. The van der Waals surface area contributed by atoms with Crippen molar-refractivity contribution in [3.8, 4) is 0 Å². The third-order valence-electron chi connectivity index (χ3n) is 3.63. The van der Waals surface area contributed by atoms with Crippen LogP contribution in [0.2, 0.25) is 5.02 Å². The van der Waals surface area contributed by atoms with Crippen molar-refractivity contribution in [3.63, 3.8) is 0 Å². The van der Waals surface area contributed by atoms with Crippen LogP contribution in [0.1, 0.15) is 17.3 Å². The molecule has 5 nitrogen and oxygen atoms in total. The molecule has 25 heavy (non-hydrogen) atoms. The molecule has 0 aliphatic carbocycles. The summed E-state index contributed by atoms with van der Waals surface area (Å²) < 4.78 is 13.9. The van der Waals surface area contributed by atoms with Crippen molar-refractivity contribution in [3.05, 3.63) is 99.1 Å². The van der Waals surface area contributed by atoms with Crippen molar-refractivity contribution >= 4 is 23.0 Å². The molecule has 0 saturated heterocycles. The molecule has 0 aliphatic rings. The predicted octanol–water partition coefficient (Wildman–Crippen LogP) is 4.98. The van der Waals surface area contributed by atoms with Crippen molar-refractivity contribution in [2.75, 3.05) is 5.32 Å². The van der Waals surface area contributed by atoms with Crippen LogP contribution < -0.4 is 5.32 Å². The summed E-state index contributed by atoms with van der Waals surface area (Å²) in [4.78, 5) is 14.8. The monoisotopic (exact) mass is 357 g/mol. The Morgan fingerprint density at radius 2 is 1.92 bits per heavy atom. The number of aromatic nitrogens is 1. The zero-order valence-corrected chi connectivity index (χ0v) is 13.7. The number of nitrogens with one attached hydrogen (secondary N) is 1. The van der Waals surface area contributed by atoms with E-state index in [1.165, 1.54) is 12.1 Å². The Balaban J connectivity index is 2.08. The average Bonchev–Trinajstić information content (AvgIpc) is 2.60. The normalized spacial score (nSPS) is 11.8. The molecule has 0 aliphatic heterocycles. The largest absolute Gasteiger partial charge is 0.367 e. The second-order valence-electron chi connectivity index (χ2n) is 5.28. The number of anilines is 1. The second kappa shape index (κ2) is 7.27. The number of rotatable bonds is 5. The maximum Gasteiger partial charge on any atom is 0.327 e. The van der Waals surface area contributed by atoms with Crippen LogP contribution in [0.4, 0.5) is 15.8 Å². The first kappa shape index (κ1) is 16.9. The van der Waals surface area contributed by atoms with Crippen molar-refractivity contribution in [2.45, 2.75) is 6.04 Å². The Morgan fingerprint density at radius 3 is 2.60 bits per heavy atom. The topological polar surface area (TPSA) is 68.1 Å². The molecule has 2 aromatic carbocycles. The first-order valence-corrected chi connectivity index (χ1v) is 7.80. The summed E-state index contributed by atoms with van der Waals surface area (Å²) in [5.41, 5.74) is 0.846. The molecule has 1 N–H and O–H groups in total. The summed E-state index contributed by atoms with van der Waals surface area (Å²) in [7, 11) is 0. The fourth-order valence-electron chi connectivity index (χ4n) is 2.53. The third-order valence-corrected chi connectivity index (χ3v) is 3.87. The molecular formula is C18H13ClFN3O2. The van der Waals surface area contributed by atoms with Crippen LogP contribution in [0.5, 0.6) is 0 Å². The maximum atomic E-state index is 13.9. The van der Waals surface area contributed by atoms with Crippen LogP contribution in [0, 0.1) is 15.9 Å².